The normalized spacial score (nSPS) is 22.3. The summed E-state index contributed by atoms with van der Waals surface area (Å²) in [6.07, 6.45) is 3.02. The Balaban J connectivity index is 1.91. The number of carbonyl (C=O) groups is 1. The van der Waals surface area contributed by atoms with Gasteiger partial charge in [0.2, 0.25) is 0 Å². The van der Waals surface area contributed by atoms with Crippen LogP contribution in [0.4, 0.5) is 10.6 Å². The van der Waals surface area contributed by atoms with E-state index in [1.807, 2.05) is 33.8 Å². The highest BCUT2D eigenvalue weighted by Crippen LogP contribution is 2.23. The number of piperidine rings is 1. The average Bonchev–Trinajstić information content (AvgIpc) is 2.36. The van der Waals surface area contributed by atoms with Crippen LogP contribution in [0.1, 0.15) is 46.2 Å². The standard InChI is InChI=1S/C16H26N4O2/c1-11-8-14(18-10-17-11)20-7-6-13(9-12(20)2)19-15(21)22-16(3,4)5/h8,10,12-13H,6-7,9H2,1-5H3,(H,19,21). The second kappa shape index (κ2) is 6.50. The van der Waals surface area contributed by atoms with Gasteiger partial charge in [-0.2, -0.15) is 0 Å². The van der Waals surface area contributed by atoms with Crippen LogP contribution < -0.4 is 10.2 Å². The molecular weight excluding hydrogens is 280 g/mol. The lowest BCUT2D eigenvalue weighted by atomic mass is 9.98. The Hall–Kier alpha value is -1.85. The zero-order valence-corrected chi connectivity index (χ0v) is 14.1. The molecule has 2 rings (SSSR count). The second-order valence-corrected chi connectivity index (χ2v) is 6.93. The van der Waals surface area contributed by atoms with Gasteiger partial charge in [0, 0.05) is 30.4 Å². The summed E-state index contributed by atoms with van der Waals surface area (Å²) in [5, 5.41) is 2.97. The summed E-state index contributed by atoms with van der Waals surface area (Å²) in [4.78, 5) is 22.6. The molecule has 6 nitrogen and oxygen atoms in total. The third-order valence-electron chi connectivity index (χ3n) is 3.68. The van der Waals surface area contributed by atoms with E-state index >= 15 is 0 Å². The Kier molecular flexibility index (Phi) is 4.88. The van der Waals surface area contributed by atoms with Crippen molar-refractivity contribution in [2.24, 2.45) is 0 Å². The number of carbonyl (C=O) groups excluding carboxylic acids is 1. The van der Waals surface area contributed by atoms with Crippen molar-refractivity contribution in [2.75, 3.05) is 11.4 Å². The topological polar surface area (TPSA) is 67.4 Å². The highest BCUT2D eigenvalue weighted by molar-refractivity contribution is 5.68. The van der Waals surface area contributed by atoms with E-state index in [1.165, 1.54) is 0 Å². The van der Waals surface area contributed by atoms with Crippen molar-refractivity contribution in [3.63, 3.8) is 0 Å². The monoisotopic (exact) mass is 306 g/mol. The van der Waals surface area contributed by atoms with E-state index in [-0.39, 0.29) is 12.1 Å². The zero-order chi connectivity index (χ0) is 16.3. The molecule has 6 heteroatoms. The van der Waals surface area contributed by atoms with E-state index < -0.39 is 5.60 Å². The number of amides is 1. The number of aromatic nitrogens is 2. The van der Waals surface area contributed by atoms with Crippen LogP contribution in [0, 0.1) is 6.92 Å². The molecular formula is C16H26N4O2. The summed E-state index contributed by atoms with van der Waals surface area (Å²) >= 11 is 0. The first-order valence-corrected chi connectivity index (χ1v) is 7.79. The lowest BCUT2D eigenvalue weighted by Crippen LogP contribution is -2.50. The fourth-order valence-corrected chi connectivity index (χ4v) is 2.72. The summed E-state index contributed by atoms with van der Waals surface area (Å²) in [5.74, 6) is 0.954. The Morgan fingerprint density at radius 2 is 2.14 bits per heavy atom. The molecule has 1 fully saturated rings. The smallest absolute Gasteiger partial charge is 0.407 e. The molecule has 1 aromatic rings. The summed E-state index contributed by atoms with van der Waals surface area (Å²) < 4.78 is 5.32. The van der Waals surface area contributed by atoms with Gasteiger partial charge in [-0.25, -0.2) is 14.8 Å². The van der Waals surface area contributed by atoms with Gasteiger partial charge in [0.05, 0.1) is 0 Å². The molecule has 0 radical (unpaired) electrons. The molecule has 0 aromatic carbocycles. The Labute approximate surface area is 132 Å². The number of alkyl carbamates (subject to hydrolysis) is 1. The molecule has 122 valence electrons. The molecule has 1 aliphatic rings. The van der Waals surface area contributed by atoms with Crippen LogP contribution in [-0.4, -0.2) is 40.3 Å². The molecule has 2 unspecified atom stereocenters. The second-order valence-electron chi connectivity index (χ2n) is 6.93. The minimum Gasteiger partial charge on any atom is -0.444 e. The first kappa shape index (κ1) is 16.5. The maximum atomic E-state index is 11.9. The molecule has 1 amide bonds. The fraction of sp³-hybridized carbons (Fsp3) is 0.688. The third-order valence-corrected chi connectivity index (χ3v) is 3.68. The molecule has 22 heavy (non-hydrogen) atoms. The first-order valence-electron chi connectivity index (χ1n) is 7.79. The molecule has 0 saturated carbocycles. The number of nitrogens with one attached hydrogen (secondary N) is 1. The maximum absolute atomic E-state index is 11.9. The summed E-state index contributed by atoms with van der Waals surface area (Å²) in [7, 11) is 0. The van der Waals surface area contributed by atoms with Crippen molar-refractivity contribution in [1.82, 2.24) is 15.3 Å². The zero-order valence-electron chi connectivity index (χ0n) is 14.1. The van der Waals surface area contributed by atoms with Crippen molar-refractivity contribution < 1.29 is 9.53 Å². The largest absolute Gasteiger partial charge is 0.444 e. The molecule has 0 aliphatic carbocycles. The van der Waals surface area contributed by atoms with Gasteiger partial charge in [-0.1, -0.05) is 0 Å². The molecule has 1 saturated heterocycles. The summed E-state index contributed by atoms with van der Waals surface area (Å²) in [6, 6.07) is 2.45. The van der Waals surface area contributed by atoms with Crippen molar-refractivity contribution >= 4 is 11.9 Å². The summed E-state index contributed by atoms with van der Waals surface area (Å²) in [6.45, 7) is 10.6. The van der Waals surface area contributed by atoms with E-state index in [0.717, 1.165) is 30.9 Å². The number of aryl methyl sites for hydroxylation is 1. The van der Waals surface area contributed by atoms with Crippen LogP contribution in [0.2, 0.25) is 0 Å². The Morgan fingerprint density at radius 3 is 2.73 bits per heavy atom. The first-order chi connectivity index (χ1) is 10.2. The number of ether oxygens (including phenoxy) is 1. The maximum Gasteiger partial charge on any atom is 0.407 e. The van der Waals surface area contributed by atoms with E-state index in [4.69, 9.17) is 4.74 Å². The van der Waals surface area contributed by atoms with Crippen molar-refractivity contribution in [3.8, 4) is 0 Å². The highest BCUT2D eigenvalue weighted by Gasteiger charge is 2.28. The SMILES string of the molecule is Cc1cc(N2CCC(NC(=O)OC(C)(C)C)CC2C)ncn1. The molecule has 1 aromatic heterocycles. The van der Waals surface area contributed by atoms with Gasteiger partial charge in [-0.05, 0) is 47.5 Å². The number of anilines is 1. The quantitative estimate of drug-likeness (QED) is 0.910. The third kappa shape index (κ3) is 4.58. The van der Waals surface area contributed by atoms with E-state index in [0.29, 0.717) is 6.04 Å². The van der Waals surface area contributed by atoms with Crippen LogP contribution in [0.15, 0.2) is 12.4 Å². The predicted octanol–water partition coefficient (Wildman–Crippen LogP) is 2.67. The molecule has 2 heterocycles. The fourth-order valence-electron chi connectivity index (χ4n) is 2.72. The lowest BCUT2D eigenvalue weighted by molar-refractivity contribution is 0.0494. The number of rotatable bonds is 2. The molecule has 2 atom stereocenters. The molecule has 1 aliphatic heterocycles. The van der Waals surface area contributed by atoms with Crippen LogP contribution in [0.5, 0.6) is 0 Å². The molecule has 1 N–H and O–H groups in total. The van der Waals surface area contributed by atoms with Crippen molar-refractivity contribution in [2.45, 2.75) is 65.1 Å². The highest BCUT2D eigenvalue weighted by atomic mass is 16.6. The van der Waals surface area contributed by atoms with Gasteiger partial charge in [0.1, 0.15) is 17.7 Å². The van der Waals surface area contributed by atoms with E-state index in [1.54, 1.807) is 6.33 Å². The van der Waals surface area contributed by atoms with Crippen molar-refractivity contribution in [1.29, 1.82) is 0 Å². The predicted molar refractivity (Wildman–Crippen MR) is 86.0 cm³/mol. The van der Waals surface area contributed by atoms with Gasteiger partial charge in [-0.15, -0.1) is 0 Å². The van der Waals surface area contributed by atoms with Crippen LogP contribution in [0.3, 0.4) is 0 Å². The number of nitrogens with zero attached hydrogens (tertiary/aromatic N) is 3. The Morgan fingerprint density at radius 1 is 1.41 bits per heavy atom. The Bertz CT molecular complexity index is 527. The number of hydrogen-bond acceptors (Lipinski definition) is 5. The van der Waals surface area contributed by atoms with Crippen molar-refractivity contribution in [3.05, 3.63) is 18.1 Å². The van der Waals surface area contributed by atoms with Crippen LogP contribution >= 0.6 is 0 Å². The van der Waals surface area contributed by atoms with Gasteiger partial charge in [-0.3, -0.25) is 0 Å². The minimum atomic E-state index is -0.463. The van der Waals surface area contributed by atoms with Gasteiger partial charge in [0.25, 0.3) is 0 Å². The summed E-state index contributed by atoms with van der Waals surface area (Å²) in [5.41, 5.74) is 0.501. The molecule has 0 bridgehead atoms. The van der Waals surface area contributed by atoms with Gasteiger partial charge < -0.3 is 15.0 Å². The molecule has 0 spiro atoms. The average molecular weight is 306 g/mol. The van der Waals surface area contributed by atoms with E-state index in [2.05, 4.69) is 27.1 Å². The number of hydrogen-bond donors (Lipinski definition) is 1. The lowest BCUT2D eigenvalue weighted by Gasteiger charge is -2.38. The van der Waals surface area contributed by atoms with Gasteiger partial charge >= 0.3 is 6.09 Å². The minimum absolute atomic E-state index is 0.143. The van der Waals surface area contributed by atoms with Crippen LogP contribution in [-0.2, 0) is 4.74 Å². The van der Waals surface area contributed by atoms with Crippen LogP contribution in [0.25, 0.3) is 0 Å². The van der Waals surface area contributed by atoms with E-state index in [9.17, 15) is 4.79 Å². The van der Waals surface area contributed by atoms with Gasteiger partial charge in [0.15, 0.2) is 0 Å².